The molecule has 0 radical (unpaired) electrons. The van der Waals surface area contributed by atoms with Crippen LogP contribution in [0.4, 0.5) is 5.69 Å². The van der Waals surface area contributed by atoms with Crippen LogP contribution in [0.2, 0.25) is 0 Å². The Labute approximate surface area is 151 Å². The fourth-order valence-electron chi connectivity index (χ4n) is 2.70. The van der Waals surface area contributed by atoms with Crippen molar-refractivity contribution in [1.29, 1.82) is 0 Å². The summed E-state index contributed by atoms with van der Waals surface area (Å²) in [6, 6.07) is 7.27. The van der Waals surface area contributed by atoms with Crippen molar-refractivity contribution >= 4 is 22.7 Å². The molecule has 2 heterocycles. The highest BCUT2D eigenvalue weighted by Gasteiger charge is 2.10. The average molecular weight is 357 g/mol. The standard InChI is InChI=1S/C18H23N5O3/c1-21(2)10-11-22-13-14(12-19-22)20-17(24)8-5-9-23-15-6-3-4-7-16(15)26-18(23)25/h3-4,6-7,12-13H,5,8-11H2,1-2H3,(H,20,24). The lowest BCUT2D eigenvalue weighted by Crippen LogP contribution is -2.18. The molecule has 1 aromatic carbocycles. The monoisotopic (exact) mass is 357 g/mol. The normalized spacial score (nSPS) is 11.3. The molecule has 1 amide bonds. The number of amides is 1. The fraction of sp³-hybridized carbons (Fsp3) is 0.389. The van der Waals surface area contributed by atoms with E-state index in [2.05, 4.69) is 15.3 Å². The van der Waals surface area contributed by atoms with Gasteiger partial charge in [-0.2, -0.15) is 5.10 Å². The Hall–Kier alpha value is -2.87. The zero-order valence-corrected chi connectivity index (χ0v) is 15.0. The number of carbonyl (C=O) groups is 1. The third-order valence-electron chi connectivity index (χ3n) is 4.05. The van der Waals surface area contributed by atoms with Gasteiger partial charge in [0.05, 0.1) is 23.9 Å². The molecule has 0 spiro atoms. The van der Waals surface area contributed by atoms with Crippen LogP contribution in [0.1, 0.15) is 12.8 Å². The molecule has 0 saturated heterocycles. The molecule has 0 fully saturated rings. The van der Waals surface area contributed by atoms with Gasteiger partial charge >= 0.3 is 5.76 Å². The van der Waals surface area contributed by atoms with Gasteiger partial charge in [0.2, 0.25) is 5.91 Å². The summed E-state index contributed by atoms with van der Waals surface area (Å²) in [7, 11) is 4.00. The van der Waals surface area contributed by atoms with Crippen LogP contribution in [-0.4, -0.2) is 45.8 Å². The van der Waals surface area contributed by atoms with Crippen LogP contribution in [0.15, 0.2) is 45.9 Å². The van der Waals surface area contributed by atoms with Crippen LogP contribution >= 0.6 is 0 Å². The highest BCUT2D eigenvalue weighted by molar-refractivity contribution is 5.90. The highest BCUT2D eigenvalue weighted by atomic mass is 16.4. The number of hydrogen-bond acceptors (Lipinski definition) is 5. The number of benzene rings is 1. The number of rotatable bonds is 8. The average Bonchev–Trinajstić information content (AvgIpc) is 3.17. The summed E-state index contributed by atoms with van der Waals surface area (Å²) in [6.45, 7) is 2.08. The molecule has 2 aromatic heterocycles. The molecule has 3 aromatic rings. The van der Waals surface area contributed by atoms with Gasteiger partial charge in [0.15, 0.2) is 5.58 Å². The molecule has 138 valence electrons. The van der Waals surface area contributed by atoms with E-state index in [1.54, 1.807) is 21.5 Å². The van der Waals surface area contributed by atoms with Gasteiger partial charge in [0, 0.05) is 25.7 Å². The molecule has 8 nitrogen and oxygen atoms in total. The second-order valence-corrected chi connectivity index (χ2v) is 6.43. The molecule has 0 aliphatic carbocycles. The molecule has 1 N–H and O–H groups in total. The van der Waals surface area contributed by atoms with Crippen LogP contribution in [-0.2, 0) is 17.9 Å². The quantitative estimate of drug-likeness (QED) is 0.664. The lowest BCUT2D eigenvalue weighted by Gasteiger charge is -2.08. The van der Waals surface area contributed by atoms with Crippen LogP contribution in [0.5, 0.6) is 0 Å². The molecule has 0 unspecified atom stereocenters. The highest BCUT2D eigenvalue weighted by Crippen LogP contribution is 2.13. The third-order valence-corrected chi connectivity index (χ3v) is 4.05. The van der Waals surface area contributed by atoms with E-state index in [1.165, 1.54) is 0 Å². The Morgan fingerprint density at radius 3 is 2.88 bits per heavy atom. The van der Waals surface area contributed by atoms with Gasteiger partial charge in [-0.25, -0.2) is 4.79 Å². The second-order valence-electron chi connectivity index (χ2n) is 6.43. The van der Waals surface area contributed by atoms with Crippen LogP contribution in [0.3, 0.4) is 0 Å². The molecule has 0 aliphatic heterocycles. The number of oxazole rings is 1. The first-order chi connectivity index (χ1) is 12.5. The molecule has 0 saturated carbocycles. The van der Waals surface area contributed by atoms with Gasteiger partial charge in [-0.3, -0.25) is 14.0 Å². The summed E-state index contributed by atoms with van der Waals surface area (Å²) in [6.07, 6.45) is 4.32. The number of para-hydroxylation sites is 2. The largest absolute Gasteiger partial charge is 0.419 e. The Kier molecular flexibility index (Phi) is 5.52. The summed E-state index contributed by atoms with van der Waals surface area (Å²) in [5, 5.41) is 7.06. The summed E-state index contributed by atoms with van der Waals surface area (Å²) < 4.78 is 8.54. The molecule has 8 heteroatoms. The van der Waals surface area contributed by atoms with Gasteiger partial charge in [-0.1, -0.05) is 12.1 Å². The van der Waals surface area contributed by atoms with E-state index in [9.17, 15) is 9.59 Å². The first kappa shape index (κ1) is 17.9. The van der Waals surface area contributed by atoms with Crippen molar-refractivity contribution in [2.45, 2.75) is 25.9 Å². The van der Waals surface area contributed by atoms with E-state index in [1.807, 2.05) is 38.5 Å². The Morgan fingerprint density at radius 1 is 1.27 bits per heavy atom. The first-order valence-electron chi connectivity index (χ1n) is 8.58. The molecule has 0 bridgehead atoms. The maximum atomic E-state index is 12.1. The minimum Gasteiger partial charge on any atom is -0.408 e. The van der Waals surface area contributed by atoms with E-state index >= 15 is 0 Å². The number of aromatic nitrogens is 3. The molecule has 3 rings (SSSR count). The minimum absolute atomic E-state index is 0.0991. The smallest absolute Gasteiger partial charge is 0.408 e. The summed E-state index contributed by atoms with van der Waals surface area (Å²) in [5.41, 5.74) is 1.99. The Morgan fingerprint density at radius 2 is 2.08 bits per heavy atom. The molecular weight excluding hydrogens is 334 g/mol. The van der Waals surface area contributed by atoms with E-state index in [0.29, 0.717) is 30.7 Å². The number of nitrogens with one attached hydrogen (secondary N) is 1. The second kappa shape index (κ2) is 8.01. The maximum Gasteiger partial charge on any atom is 0.419 e. The fourth-order valence-corrected chi connectivity index (χ4v) is 2.70. The lowest BCUT2D eigenvalue weighted by molar-refractivity contribution is -0.116. The number of fused-ring (bicyclic) bond motifs is 1. The van der Waals surface area contributed by atoms with Crippen molar-refractivity contribution in [2.75, 3.05) is 26.0 Å². The van der Waals surface area contributed by atoms with Gasteiger partial charge in [-0.05, 0) is 32.6 Å². The van der Waals surface area contributed by atoms with Gasteiger partial charge in [0.25, 0.3) is 0 Å². The van der Waals surface area contributed by atoms with Crippen molar-refractivity contribution in [2.24, 2.45) is 0 Å². The SMILES string of the molecule is CN(C)CCn1cc(NC(=O)CCCn2c(=O)oc3ccccc32)cn1. The summed E-state index contributed by atoms with van der Waals surface area (Å²) >= 11 is 0. The summed E-state index contributed by atoms with van der Waals surface area (Å²) in [5.74, 6) is -0.494. The topological polar surface area (TPSA) is 85.3 Å². The predicted molar refractivity (Wildman–Crippen MR) is 99.1 cm³/mol. The van der Waals surface area contributed by atoms with Gasteiger partial charge in [0.1, 0.15) is 0 Å². The van der Waals surface area contributed by atoms with Crippen molar-refractivity contribution in [1.82, 2.24) is 19.2 Å². The van der Waals surface area contributed by atoms with Crippen molar-refractivity contribution in [3.63, 3.8) is 0 Å². The van der Waals surface area contributed by atoms with Crippen molar-refractivity contribution in [3.05, 3.63) is 47.2 Å². The van der Waals surface area contributed by atoms with Crippen LogP contribution < -0.4 is 11.1 Å². The number of nitrogens with zero attached hydrogens (tertiary/aromatic N) is 4. The maximum absolute atomic E-state index is 12.1. The summed E-state index contributed by atoms with van der Waals surface area (Å²) in [4.78, 5) is 26.1. The number of anilines is 1. The number of likely N-dealkylation sites (N-methyl/N-ethyl adjacent to an activating group) is 1. The molecule has 0 aliphatic rings. The van der Waals surface area contributed by atoms with E-state index in [4.69, 9.17) is 4.42 Å². The van der Waals surface area contributed by atoms with E-state index in [-0.39, 0.29) is 5.91 Å². The lowest BCUT2D eigenvalue weighted by atomic mass is 10.2. The number of aryl methyl sites for hydroxylation is 1. The van der Waals surface area contributed by atoms with Crippen molar-refractivity contribution in [3.8, 4) is 0 Å². The molecule has 26 heavy (non-hydrogen) atoms. The van der Waals surface area contributed by atoms with Gasteiger partial charge < -0.3 is 14.6 Å². The molecular formula is C18H23N5O3. The Balaban J connectivity index is 1.50. The van der Waals surface area contributed by atoms with Crippen LogP contribution in [0.25, 0.3) is 11.1 Å². The third kappa shape index (κ3) is 4.40. The van der Waals surface area contributed by atoms with E-state index in [0.717, 1.165) is 18.6 Å². The van der Waals surface area contributed by atoms with Gasteiger partial charge in [-0.15, -0.1) is 0 Å². The van der Waals surface area contributed by atoms with Crippen LogP contribution in [0, 0.1) is 0 Å². The molecule has 0 atom stereocenters. The van der Waals surface area contributed by atoms with Crippen molar-refractivity contribution < 1.29 is 9.21 Å². The minimum atomic E-state index is -0.395. The Bertz CT molecular complexity index is 938. The number of hydrogen-bond donors (Lipinski definition) is 1. The first-order valence-corrected chi connectivity index (χ1v) is 8.58. The zero-order chi connectivity index (χ0) is 18.5. The number of carbonyl (C=O) groups excluding carboxylic acids is 1. The zero-order valence-electron chi connectivity index (χ0n) is 15.0. The van der Waals surface area contributed by atoms with E-state index < -0.39 is 5.76 Å². The predicted octanol–water partition coefficient (Wildman–Crippen LogP) is 1.77.